The van der Waals surface area contributed by atoms with Gasteiger partial charge in [0.1, 0.15) is 0 Å². The number of hydrogen-bond donors (Lipinski definition) is 0. The molecule has 0 amide bonds. The molecule has 0 bridgehead atoms. The molecule has 0 N–H and O–H groups in total. The summed E-state index contributed by atoms with van der Waals surface area (Å²) in [5.41, 5.74) is 0.547. The largest absolute Gasteiger partial charge is 0.493 e. The molecule has 0 fully saturated rings. The van der Waals surface area contributed by atoms with Gasteiger partial charge >= 0.3 is 0 Å². The SMILES string of the molecule is CCC(C)Oc1cc(C(C)=O)cc(OC)c1OC. The lowest BCUT2D eigenvalue weighted by Gasteiger charge is -2.18. The van der Waals surface area contributed by atoms with Crippen LogP contribution in [0.15, 0.2) is 12.1 Å². The van der Waals surface area contributed by atoms with Crippen LogP contribution in [0.25, 0.3) is 0 Å². The first-order chi connectivity index (χ1) is 8.53. The van der Waals surface area contributed by atoms with Crippen LogP contribution in [-0.2, 0) is 0 Å². The molecule has 1 atom stereocenters. The van der Waals surface area contributed by atoms with E-state index >= 15 is 0 Å². The zero-order valence-electron chi connectivity index (χ0n) is 11.6. The summed E-state index contributed by atoms with van der Waals surface area (Å²) in [5, 5.41) is 0. The molecule has 18 heavy (non-hydrogen) atoms. The van der Waals surface area contributed by atoms with Crippen molar-refractivity contribution in [3.8, 4) is 17.2 Å². The number of Topliss-reactive ketones (excluding diaryl/α,β-unsaturated/α-hetero) is 1. The predicted octanol–water partition coefficient (Wildman–Crippen LogP) is 3.08. The Bertz CT molecular complexity index is 426. The normalized spacial score (nSPS) is 11.8. The fourth-order valence-electron chi connectivity index (χ4n) is 1.52. The number of carbonyl (C=O) groups is 1. The lowest BCUT2D eigenvalue weighted by atomic mass is 10.1. The minimum Gasteiger partial charge on any atom is -0.493 e. The molecule has 1 aromatic carbocycles. The number of benzene rings is 1. The lowest BCUT2D eigenvalue weighted by molar-refractivity contribution is 0.101. The zero-order valence-corrected chi connectivity index (χ0v) is 11.6. The van der Waals surface area contributed by atoms with Crippen molar-refractivity contribution in [2.24, 2.45) is 0 Å². The first-order valence-corrected chi connectivity index (χ1v) is 5.97. The summed E-state index contributed by atoms with van der Waals surface area (Å²) in [5.74, 6) is 1.52. The standard InChI is InChI=1S/C14H20O4/c1-6-9(2)18-13-8-11(10(3)15)7-12(16-4)14(13)17-5/h7-9H,6H2,1-5H3. The van der Waals surface area contributed by atoms with E-state index in [1.54, 1.807) is 19.2 Å². The van der Waals surface area contributed by atoms with Crippen LogP contribution in [-0.4, -0.2) is 26.1 Å². The Morgan fingerprint density at radius 2 is 1.83 bits per heavy atom. The number of ether oxygens (including phenoxy) is 3. The Labute approximate surface area is 108 Å². The van der Waals surface area contributed by atoms with E-state index < -0.39 is 0 Å². The van der Waals surface area contributed by atoms with Crippen molar-refractivity contribution in [3.63, 3.8) is 0 Å². The minimum atomic E-state index is -0.0371. The third kappa shape index (κ3) is 3.15. The summed E-state index contributed by atoms with van der Waals surface area (Å²) < 4.78 is 16.3. The van der Waals surface area contributed by atoms with Crippen LogP contribution in [0.1, 0.15) is 37.6 Å². The summed E-state index contributed by atoms with van der Waals surface area (Å²) in [6, 6.07) is 3.35. The van der Waals surface area contributed by atoms with Crippen LogP contribution in [0.4, 0.5) is 0 Å². The summed E-state index contributed by atoms with van der Waals surface area (Å²) in [4.78, 5) is 11.5. The fourth-order valence-corrected chi connectivity index (χ4v) is 1.52. The van der Waals surface area contributed by atoms with E-state index in [2.05, 4.69) is 0 Å². The highest BCUT2D eigenvalue weighted by molar-refractivity contribution is 5.95. The second-order valence-corrected chi connectivity index (χ2v) is 4.10. The Morgan fingerprint density at radius 1 is 1.22 bits per heavy atom. The fraction of sp³-hybridized carbons (Fsp3) is 0.500. The van der Waals surface area contributed by atoms with Crippen molar-refractivity contribution >= 4 is 5.78 Å². The summed E-state index contributed by atoms with van der Waals surface area (Å²) in [7, 11) is 3.09. The van der Waals surface area contributed by atoms with Gasteiger partial charge in [0.25, 0.3) is 0 Å². The molecule has 0 saturated carbocycles. The number of rotatable bonds is 6. The monoisotopic (exact) mass is 252 g/mol. The zero-order chi connectivity index (χ0) is 13.7. The van der Waals surface area contributed by atoms with E-state index in [1.165, 1.54) is 14.0 Å². The molecule has 1 unspecified atom stereocenters. The molecular weight excluding hydrogens is 232 g/mol. The van der Waals surface area contributed by atoms with Gasteiger partial charge in [0.15, 0.2) is 17.3 Å². The predicted molar refractivity (Wildman–Crippen MR) is 69.9 cm³/mol. The van der Waals surface area contributed by atoms with E-state index in [-0.39, 0.29) is 11.9 Å². The van der Waals surface area contributed by atoms with Crippen LogP contribution in [0.2, 0.25) is 0 Å². The second kappa shape index (κ2) is 6.28. The Balaban J connectivity index is 3.26. The van der Waals surface area contributed by atoms with Gasteiger partial charge in [0.2, 0.25) is 5.75 Å². The molecule has 0 aromatic heterocycles. The molecule has 100 valence electrons. The quantitative estimate of drug-likeness (QED) is 0.730. The Morgan fingerprint density at radius 3 is 2.28 bits per heavy atom. The topological polar surface area (TPSA) is 44.8 Å². The van der Waals surface area contributed by atoms with Gasteiger partial charge in [0, 0.05) is 5.56 Å². The number of hydrogen-bond acceptors (Lipinski definition) is 4. The average molecular weight is 252 g/mol. The minimum absolute atomic E-state index is 0.0371. The van der Waals surface area contributed by atoms with Crippen LogP contribution in [0.3, 0.4) is 0 Å². The molecule has 4 nitrogen and oxygen atoms in total. The van der Waals surface area contributed by atoms with Crippen molar-refractivity contribution in [1.29, 1.82) is 0 Å². The molecule has 0 radical (unpaired) electrons. The van der Waals surface area contributed by atoms with Gasteiger partial charge in [-0.25, -0.2) is 0 Å². The van der Waals surface area contributed by atoms with Gasteiger partial charge in [-0.3, -0.25) is 4.79 Å². The molecule has 0 spiro atoms. The summed E-state index contributed by atoms with van der Waals surface area (Å²) >= 11 is 0. The highest BCUT2D eigenvalue weighted by atomic mass is 16.5. The van der Waals surface area contributed by atoms with Gasteiger partial charge in [0.05, 0.1) is 20.3 Å². The summed E-state index contributed by atoms with van der Waals surface area (Å²) in [6.45, 7) is 5.50. The van der Waals surface area contributed by atoms with Gasteiger partial charge in [-0.1, -0.05) is 6.92 Å². The smallest absolute Gasteiger partial charge is 0.203 e. The summed E-state index contributed by atoms with van der Waals surface area (Å²) in [6.07, 6.45) is 0.918. The van der Waals surface area contributed by atoms with Crippen molar-refractivity contribution in [2.45, 2.75) is 33.3 Å². The maximum absolute atomic E-state index is 11.5. The maximum atomic E-state index is 11.5. The van der Waals surface area contributed by atoms with Gasteiger partial charge in [-0.05, 0) is 32.4 Å². The van der Waals surface area contributed by atoms with Gasteiger partial charge < -0.3 is 14.2 Å². The first kappa shape index (κ1) is 14.4. The van der Waals surface area contributed by atoms with Gasteiger partial charge in [-0.2, -0.15) is 0 Å². The van der Waals surface area contributed by atoms with E-state index in [9.17, 15) is 4.79 Å². The molecule has 1 aromatic rings. The molecular formula is C14H20O4. The van der Waals surface area contributed by atoms with Crippen molar-refractivity contribution < 1.29 is 19.0 Å². The van der Waals surface area contributed by atoms with E-state index in [4.69, 9.17) is 14.2 Å². The molecule has 0 heterocycles. The van der Waals surface area contributed by atoms with Crippen LogP contribution < -0.4 is 14.2 Å². The van der Waals surface area contributed by atoms with Gasteiger partial charge in [-0.15, -0.1) is 0 Å². The molecule has 0 aliphatic heterocycles. The van der Waals surface area contributed by atoms with Crippen LogP contribution in [0, 0.1) is 0 Å². The third-order valence-electron chi connectivity index (χ3n) is 2.75. The molecule has 4 heteroatoms. The van der Waals surface area contributed by atoms with Crippen molar-refractivity contribution in [1.82, 2.24) is 0 Å². The van der Waals surface area contributed by atoms with E-state index in [0.29, 0.717) is 22.8 Å². The Hall–Kier alpha value is -1.71. The lowest BCUT2D eigenvalue weighted by Crippen LogP contribution is -2.11. The van der Waals surface area contributed by atoms with Crippen LogP contribution >= 0.6 is 0 Å². The number of methoxy groups -OCH3 is 2. The highest BCUT2D eigenvalue weighted by Crippen LogP contribution is 2.39. The highest BCUT2D eigenvalue weighted by Gasteiger charge is 2.17. The first-order valence-electron chi connectivity index (χ1n) is 5.97. The van der Waals surface area contributed by atoms with Crippen molar-refractivity contribution in [2.75, 3.05) is 14.2 Å². The molecule has 1 rings (SSSR count). The van der Waals surface area contributed by atoms with Crippen molar-refractivity contribution in [3.05, 3.63) is 17.7 Å². The second-order valence-electron chi connectivity index (χ2n) is 4.10. The average Bonchev–Trinajstić information content (AvgIpc) is 2.37. The van der Waals surface area contributed by atoms with E-state index in [0.717, 1.165) is 6.42 Å². The number of ketones is 1. The maximum Gasteiger partial charge on any atom is 0.203 e. The van der Waals surface area contributed by atoms with E-state index in [1.807, 2.05) is 13.8 Å². The third-order valence-corrected chi connectivity index (χ3v) is 2.75. The number of carbonyl (C=O) groups excluding carboxylic acids is 1. The molecule has 0 aliphatic rings. The molecule has 0 aliphatic carbocycles. The molecule has 0 saturated heterocycles. The van der Waals surface area contributed by atoms with Crippen LogP contribution in [0.5, 0.6) is 17.2 Å². The Kier molecular flexibility index (Phi) is 5.01.